The van der Waals surface area contributed by atoms with Gasteiger partial charge in [-0.1, -0.05) is 50.2 Å². The summed E-state index contributed by atoms with van der Waals surface area (Å²) in [6, 6.07) is 13.8. The maximum Gasteiger partial charge on any atom is 0.161 e. The van der Waals surface area contributed by atoms with Gasteiger partial charge in [-0.15, -0.1) is 0 Å². The highest BCUT2D eigenvalue weighted by molar-refractivity contribution is 5.80. The molecule has 0 unspecified atom stereocenters. The number of methoxy groups -OCH3 is 1. The molecule has 0 saturated carbocycles. The van der Waals surface area contributed by atoms with Gasteiger partial charge in [0.05, 0.1) is 13.3 Å². The molecule has 4 heteroatoms. The summed E-state index contributed by atoms with van der Waals surface area (Å²) in [5, 5.41) is 11.6. The van der Waals surface area contributed by atoms with Crippen LogP contribution in [-0.2, 0) is 12.0 Å². The Morgan fingerprint density at radius 3 is 2.30 bits per heavy atom. The average Bonchev–Trinajstić information content (AvgIpc) is 2.53. The van der Waals surface area contributed by atoms with Crippen molar-refractivity contribution in [2.75, 3.05) is 7.11 Å². The van der Waals surface area contributed by atoms with Crippen LogP contribution in [0.15, 0.2) is 47.6 Å². The number of benzene rings is 2. The molecule has 0 aliphatic carbocycles. The Kier molecular flexibility index (Phi) is 5.27. The largest absolute Gasteiger partial charge is 0.493 e. The first kappa shape index (κ1) is 16.9. The fourth-order valence-electron chi connectivity index (χ4n) is 2.21. The van der Waals surface area contributed by atoms with Crippen LogP contribution in [0.25, 0.3) is 0 Å². The number of rotatable bonds is 5. The number of hydrogen-bond donors (Lipinski definition) is 1. The highest BCUT2D eigenvalue weighted by atomic mass is 16.5. The van der Waals surface area contributed by atoms with Crippen LogP contribution in [0.4, 0.5) is 0 Å². The van der Waals surface area contributed by atoms with Crippen molar-refractivity contribution in [3.63, 3.8) is 0 Å². The van der Waals surface area contributed by atoms with E-state index in [2.05, 4.69) is 50.2 Å². The van der Waals surface area contributed by atoms with E-state index in [1.54, 1.807) is 25.3 Å². The van der Waals surface area contributed by atoms with E-state index >= 15 is 0 Å². The second kappa shape index (κ2) is 7.18. The first-order valence-corrected chi connectivity index (χ1v) is 7.52. The van der Waals surface area contributed by atoms with E-state index in [0.29, 0.717) is 18.1 Å². The minimum absolute atomic E-state index is 0.146. The fourth-order valence-corrected chi connectivity index (χ4v) is 2.21. The first-order valence-electron chi connectivity index (χ1n) is 7.52. The molecule has 0 fully saturated rings. The zero-order valence-electron chi connectivity index (χ0n) is 14.0. The summed E-state index contributed by atoms with van der Waals surface area (Å²) < 4.78 is 11.2. The van der Waals surface area contributed by atoms with Gasteiger partial charge in [0.25, 0.3) is 0 Å². The summed E-state index contributed by atoms with van der Waals surface area (Å²) in [5.74, 6) is 1.26. The van der Waals surface area contributed by atoms with E-state index in [1.165, 1.54) is 11.8 Å². The summed E-state index contributed by atoms with van der Waals surface area (Å²) >= 11 is 0. The number of ether oxygens (including phenoxy) is 2. The Morgan fingerprint density at radius 1 is 1.04 bits per heavy atom. The zero-order chi connectivity index (χ0) is 16.9. The van der Waals surface area contributed by atoms with Crippen molar-refractivity contribution in [1.82, 2.24) is 0 Å². The van der Waals surface area contributed by atoms with E-state index in [-0.39, 0.29) is 5.41 Å². The van der Waals surface area contributed by atoms with Crippen molar-refractivity contribution in [3.05, 3.63) is 59.2 Å². The molecular weight excluding hydrogens is 290 g/mol. The predicted octanol–water partition coefficient (Wildman–Crippen LogP) is 4.38. The van der Waals surface area contributed by atoms with Gasteiger partial charge in [-0.05, 0) is 34.7 Å². The molecule has 0 aliphatic rings. The number of oxime groups is 1. The van der Waals surface area contributed by atoms with E-state index < -0.39 is 0 Å². The Morgan fingerprint density at radius 2 is 1.74 bits per heavy atom. The maximum absolute atomic E-state index is 8.58. The SMILES string of the molecule is COc1cc(/C=N\O)ccc1OCc1ccc(C(C)(C)C)cc1. The quantitative estimate of drug-likeness (QED) is 0.506. The van der Waals surface area contributed by atoms with Gasteiger partial charge < -0.3 is 14.7 Å². The van der Waals surface area contributed by atoms with Crippen LogP contribution in [-0.4, -0.2) is 18.5 Å². The van der Waals surface area contributed by atoms with E-state index in [1.807, 2.05) is 0 Å². The highest BCUT2D eigenvalue weighted by Gasteiger charge is 2.13. The summed E-state index contributed by atoms with van der Waals surface area (Å²) in [5.41, 5.74) is 3.28. The molecule has 0 aliphatic heterocycles. The van der Waals surface area contributed by atoms with Gasteiger partial charge in [0.2, 0.25) is 0 Å². The van der Waals surface area contributed by atoms with Crippen LogP contribution < -0.4 is 9.47 Å². The Hall–Kier alpha value is -2.49. The molecule has 4 nitrogen and oxygen atoms in total. The molecule has 0 amide bonds. The molecule has 0 bridgehead atoms. The predicted molar refractivity (Wildman–Crippen MR) is 91.8 cm³/mol. The Balaban J connectivity index is 2.08. The van der Waals surface area contributed by atoms with Crippen LogP contribution >= 0.6 is 0 Å². The lowest BCUT2D eigenvalue weighted by Crippen LogP contribution is -2.10. The highest BCUT2D eigenvalue weighted by Crippen LogP contribution is 2.29. The van der Waals surface area contributed by atoms with Gasteiger partial charge in [-0.2, -0.15) is 0 Å². The molecule has 0 atom stereocenters. The summed E-state index contributed by atoms with van der Waals surface area (Å²) in [6.45, 7) is 7.05. The second-order valence-corrected chi connectivity index (χ2v) is 6.39. The lowest BCUT2D eigenvalue weighted by molar-refractivity contribution is 0.284. The summed E-state index contributed by atoms with van der Waals surface area (Å²) in [6.07, 6.45) is 1.34. The molecule has 2 rings (SSSR count). The number of nitrogens with zero attached hydrogens (tertiary/aromatic N) is 1. The van der Waals surface area contributed by atoms with Gasteiger partial charge in [0, 0.05) is 5.56 Å². The van der Waals surface area contributed by atoms with Crippen LogP contribution in [0.1, 0.15) is 37.5 Å². The topological polar surface area (TPSA) is 51.0 Å². The monoisotopic (exact) mass is 313 g/mol. The van der Waals surface area contributed by atoms with Gasteiger partial charge in [0.15, 0.2) is 11.5 Å². The zero-order valence-corrected chi connectivity index (χ0v) is 14.0. The molecule has 0 spiro atoms. The van der Waals surface area contributed by atoms with E-state index in [4.69, 9.17) is 14.7 Å². The molecule has 0 heterocycles. The van der Waals surface area contributed by atoms with Gasteiger partial charge in [0.1, 0.15) is 6.61 Å². The smallest absolute Gasteiger partial charge is 0.161 e. The second-order valence-electron chi connectivity index (χ2n) is 6.39. The summed E-state index contributed by atoms with van der Waals surface area (Å²) in [4.78, 5) is 0. The molecule has 0 radical (unpaired) electrons. The molecule has 1 N–H and O–H groups in total. The van der Waals surface area contributed by atoms with Crippen molar-refractivity contribution < 1.29 is 14.7 Å². The standard InChI is InChI=1S/C19H23NO3/c1-19(2,3)16-8-5-14(6-9-16)13-23-17-10-7-15(12-20-21)11-18(17)22-4/h5-12,21H,13H2,1-4H3/b20-12-. The van der Waals surface area contributed by atoms with Crippen LogP contribution in [0.5, 0.6) is 11.5 Å². The van der Waals surface area contributed by atoms with Crippen molar-refractivity contribution in [3.8, 4) is 11.5 Å². The van der Waals surface area contributed by atoms with E-state index in [9.17, 15) is 0 Å². The average molecular weight is 313 g/mol. The first-order chi connectivity index (χ1) is 10.9. The third kappa shape index (κ3) is 4.49. The number of hydrogen-bond acceptors (Lipinski definition) is 4. The van der Waals surface area contributed by atoms with Gasteiger partial charge in [-0.25, -0.2) is 0 Å². The minimum Gasteiger partial charge on any atom is -0.493 e. The Bertz CT molecular complexity index is 670. The van der Waals surface area contributed by atoms with Crippen LogP contribution in [0.3, 0.4) is 0 Å². The van der Waals surface area contributed by atoms with E-state index in [0.717, 1.165) is 11.1 Å². The maximum atomic E-state index is 8.58. The fraction of sp³-hybridized carbons (Fsp3) is 0.316. The lowest BCUT2D eigenvalue weighted by Gasteiger charge is -2.19. The molecule has 0 aromatic heterocycles. The third-order valence-corrected chi connectivity index (χ3v) is 3.61. The van der Waals surface area contributed by atoms with Crippen LogP contribution in [0, 0.1) is 0 Å². The third-order valence-electron chi connectivity index (χ3n) is 3.61. The minimum atomic E-state index is 0.146. The van der Waals surface area contributed by atoms with Crippen molar-refractivity contribution in [2.45, 2.75) is 32.8 Å². The molecule has 122 valence electrons. The molecule has 0 saturated heterocycles. The normalized spacial score (nSPS) is 11.7. The Labute approximate surface area is 137 Å². The molecular formula is C19H23NO3. The summed E-state index contributed by atoms with van der Waals surface area (Å²) in [7, 11) is 1.58. The lowest BCUT2D eigenvalue weighted by atomic mass is 9.87. The molecule has 23 heavy (non-hydrogen) atoms. The van der Waals surface area contributed by atoms with Crippen molar-refractivity contribution in [2.24, 2.45) is 5.16 Å². The van der Waals surface area contributed by atoms with Crippen molar-refractivity contribution in [1.29, 1.82) is 0 Å². The molecule has 2 aromatic rings. The van der Waals surface area contributed by atoms with Gasteiger partial charge >= 0.3 is 0 Å². The van der Waals surface area contributed by atoms with Crippen LogP contribution in [0.2, 0.25) is 0 Å². The van der Waals surface area contributed by atoms with Crippen molar-refractivity contribution >= 4 is 6.21 Å². The molecule has 2 aromatic carbocycles. The van der Waals surface area contributed by atoms with Gasteiger partial charge in [-0.3, -0.25) is 0 Å².